The van der Waals surface area contributed by atoms with Crippen molar-refractivity contribution in [3.05, 3.63) is 0 Å². The minimum Gasteiger partial charge on any atom is -0.171 e. The monoisotopic (exact) mass is 334 g/mol. The molecule has 1 rings (SSSR count). The van der Waals surface area contributed by atoms with Crippen LogP contribution >= 0.6 is 22.6 Å². The van der Waals surface area contributed by atoms with Crippen molar-refractivity contribution >= 4 is 22.6 Å². The van der Waals surface area contributed by atoms with E-state index >= 15 is 0 Å². The SMILES string of the molecule is FC(F)(F)CCCC1CCCC(CI)C1. The van der Waals surface area contributed by atoms with Gasteiger partial charge in [-0.05, 0) is 31.1 Å². The zero-order chi connectivity index (χ0) is 11.3. The number of hydrogen-bond acceptors (Lipinski definition) is 0. The zero-order valence-electron chi connectivity index (χ0n) is 8.82. The molecular formula is C11H18F3I. The summed E-state index contributed by atoms with van der Waals surface area (Å²) in [6.07, 6.45) is 1.32. The lowest BCUT2D eigenvalue weighted by Crippen LogP contribution is -2.17. The van der Waals surface area contributed by atoms with Gasteiger partial charge in [-0.3, -0.25) is 0 Å². The van der Waals surface area contributed by atoms with Crippen molar-refractivity contribution in [2.45, 2.75) is 51.1 Å². The van der Waals surface area contributed by atoms with Gasteiger partial charge < -0.3 is 0 Å². The molecule has 0 saturated heterocycles. The van der Waals surface area contributed by atoms with Crippen molar-refractivity contribution in [2.24, 2.45) is 11.8 Å². The molecule has 0 N–H and O–H groups in total. The van der Waals surface area contributed by atoms with Crippen LogP contribution < -0.4 is 0 Å². The molecule has 90 valence electrons. The van der Waals surface area contributed by atoms with E-state index in [9.17, 15) is 13.2 Å². The van der Waals surface area contributed by atoms with Crippen LogP contribution in [0.2, 0.25) is 0 Å². The number of rotatable bonds is 4. The summed E-state index contributed by atoms with van der Waals surface area (Å²) >= 11 is 2.39. The highest BCUT2D eigenvalue weighted by atomic mass is 127. The molecule has 0 nitrogen and oxygen atoms in total. The maximum atomic E-state index is 12.0. The highest BCUT2D eigenvalue weighted by Gasteiger charge is 2.27. The molecule has 1 aliphatic rings. The fourth-order valence-corrected chi connectivity index (χ4v) is 3.20. The molecule has 0 spiro atoms. The van der Waals surface area contributed by atoms with Crippen LogP contribution in [0.1, 0.15) is 44.9 Å². The van der Waals surface area contributed by atoms with Crippen molar-refractivity contribution in [2.75, 3.05) is 4.43 Å². The Kier molecular flexibility index (Phi) is 5.71. The molecule has 0 aromatic carbocycles. The van der Waals surface area contributed by atoms with E-state index in [1.165, 1.54) is 12.8 Å². The normalized spacial score (nSPS) is 28.0. The second-order valence-electron chi connectivity index (χ2n) is 4.56. The van der Waals surface area contributed by atoms with Gasteiger partial charge >= 0.3 is 6.18 Å². The van der Waals surface area contributed by atoms with Crippen molar-refractivity contribution < 1.29 is 13.2 Å². The third kappa shape index (κ3) is 5.97. The van der Waals surface area contributed by atoms with Gasteiger partial charge in [0.15, 0.2) is 0 Å². The topological polar surface area (TPSA) is 0 Å². The highest BCUT2D eigenvalue weighted by Crippen LogP contribution is 2.34. The predicted molar refractivity (Wildman–Crippen MR) is 64.2 cm³/mol. The summed E-state index contributed by atoms with van der Waals surface area (Å²) in [6.45, 7) is 0. The van der Waals surface area contributed by atoms with Gasteiger partial charge in [-0.1, -0.05) is 41.9 Å². The van der Waals surface area contributed by atoms with Gasteiger partial charge in [0.25, 0.3) is 0 Å². The summed E-state index contributed by atoms with van der Waals surface area (Å²) in [4.78, 5) is 0. The Morgan fingerprint density at radius 2 is 1.80 bits per heavy atom. The van der Waals surface area contributed by atoms with E-state index in [1.807, 2.05) is 0 Å². The van der Waals surface area contributed by atoms with E-state index in [2.05, 4.69) is 22.6 Å². The smallest absolute Gasteiger partial charge is 0.171 e. The van der Waals surface area contributed by atoms with Crippen LogP contribution in [0.5, 0.6) is 0 Å². The molecular weight excluding hydrogens is 316 g/mol. The van der Waals surface area contributed by atoms with Crippen molar-refractivity contribution in [3.8, 4) is 0 Å². The van der Waals surface area contributed by atoms with E-state index in [4.69, 9.17) is 0 Å². The standard InChI is InChI=1S/C11H18F3I/c12-11(13,14)6-2-5-9-3-1-4-10(7-9)8-15/h9-10H,1-8H2. The molecule has 0 bridgehead atoms. The van der Waals surface area contributed by atoms with Crippen LogP contribution in [0.3, 0.4) is 0 Å². The van der Waals surface area contributed by atoms with Crippen LogP contribution in [0, 0.1) is 11.8 Å². The lowest BCUT2D eigenvalue weighted by molar-refractivity contribution is -0.136. The second kappa shape index (κ2) is 6.30. The molecule has 1 saturated carbocycles. The third-order valence-corrected chi connectivity index (χ3v) is 4.43. The molecule has 0 aromatic heterocycles. The molecule has 1 aliphatic carbocycles. The lowest BCUT2D eigenvalue weighted by Gasteiger charge is -2.28. The Labute approximate surface area is 103 Å². The summed E-state index contributed by atoms with van der Waals surface area (Å²) in [5.41, 5.74) is 0. The van der Waals surface area contributed by atoms with Gasteiger partial charge in [0.05, 0.1) is 0 Å². The van der Waals surface area contributed by atoms with E-state index in [0.29, 0.717) is 12.3 Å². The Morgan fingerprint density at radius 3 is 2.40 bits per heavy atom. The zero-order valence-corrected chi connectivity index (χ0v) is 11.0. The minimum atomic E-state index is -3.96. The third-order valence-electron chi connectivity index (χ3n) is 3.18. The highest BCUT2D eigenvalue weighted by molar-refractivity contribution is 14.1. The largest absolute Gasteiger partial charge is 0.389 e. The second-order valence-corrected chi connectivity index (χ2v) is 5.44. The van der Waals surface area contributed by atoms with Crippen LogP contribution in [-0.2, 0) is 0 Å². The molecule has 0 aromatic rings. The molecule has 15 heavy (non-hydrogen) atoms. The van der Waals surface area contributed by atoms with E-state index in [-0.39, 0.29) is 0 Å². The Morgan fingerprint density at radius 1 is 1.13 bits per heavy atom. The Hall–Kier alpha value is 0.520. The summed E-state index contributed by atoms with van der Waals surface area (Å²) in [5.74, 6) is 1.32. The average molecular weight is 334 g/mol. The quantitative estimate of drug-likeness (QED) is 0.503. The van der Waals surface area contributed by atoms with Crippen molar-refractivity contribution in [1.29, 1.82) is 0 Å². The summed E-state index contributed by atoms with van der Waals surface area (Å²) in [6, 6.07) is 0. The molecule has 4 heteroatoms. The molecule has 0 aliphatic heterocycles. The molecule has 0 amide bonds. The number of hydrogen-bond donors (Lipinski definition) is 0. The Balaban J connectivity index is 2.15. The van der Waals surface area contributed by atoms with Gasteiger partial charge in [-0.15, -0.1) is 0 Å². The molecule has 1 fully saturated rings. The van der Waals surface area contributed by atoms with Crippen LogP contribution in [-0.4, -0.2) is 10.6 Å². The number of halogens is 4. The van der Waals surface area contributed by atoms with Crippen LogP contribution in [0.15, 0.2) is 0 Å². The summed E-state index contributed by atoms with van der Waals surface area (Å²) in [5, 5.41) is 0. The summed E-state index contributed by atoms with van der Waals surface area (Å²) in [7, 11) is 0. The molecule has 0 heterocycles. The van der Waals surface area contributed by atoms with Gasteiger partial charge in [0.1, 0.15) is 0 Å². The van der Waals surface area contributed by atoms with Crippen LogP contribution in [0.25, 0.3) is 0 Å². The average Bonchev–Trinajstić information content (AvgIpc) is 2.16. The van der Waals surface area contributed by atoms with E-state index < -0.39 is 12.6 Å². The van der Waals surface area contributed by atoms with Gasteiger partial charge in [-0.2, -0.15) is 13.2 Å². The van der Waals surface area contributed by atoms with Gasteiger partial charge in [-0.25, -0.2) is 0 Å². The van der Waals surface area contributed by atoms with Gasteiger partial charge in [0, 0.05) is 10.8 Å². The van der Waals surface area contributed by atoms with E-state index in [1.54, 1.807) is 0 Å². The Bertz CT molecular complexity index is 179. The maximum absolute atomic E-state index is 12.0. The summed E-state index contributed by atoms with van der Waals surface area (Å²) < 4.78 is 37.0. The maximum Gasteiger partial charge on any atom is 0.389 e. The predicted octanol–water partition coefficient (Wildman–Crippen LogP) is 4.96. The fraction of sp³-hybridized carbons (Fsp3) is 1.00. The molecule has 2 unspecified atom stereocenters. The number of alkyl halides is 4. The lowest BCUT2D eigenvalue weighted by atomic mass is 9.80. The van der Waals surface area contributed by atoms with Gasteiger partial charge in [0.2, 0.25) is 0 Å². The first-order valence-corrected chi connectivity index (χ1v) is 7.16. The minimum absolute atomic E-state index is 0.322. The van der Waals surface area contributed by atoms with Crippen molar-refractivity contribution in [3.63, 3.8) is 0 Å². The fourth-order valence-electron chi connectivity index (χ4n) is 2.40. The van der Waals surface area contributed by atoms with Crippen molar-refractivity contribution in [1.82, 2.24) is 0 Å². The first kappa shape index (κ1) is 13.6. The molecule has 0 radical (unpaired) electrons. The van der Waals surface area contributed by atoms with E-state index in [0.717, 1.165) is 29.6 Å². The first-order valence-electron chi connectivity index (χ1n) is 5.64. The van der Waals surface area contributed by atoms with Crippen LogP contribution in [0.4, 0.5) is 13.2 Å². The molecule has 2 atom stereocenters. The first-order chi connectivity index (χ1) is 7.01.